The molecule has 1 fully saturated rings. The minimum atomic E-state index is -0.512. The van der Waals surface area contributed by atoms with Gasteiger partial charge in [-0.15, -0.1) is 11.6 Å². The van der Waals surface area contributed by atoms with E-state index in [0.29, 0.717) is 0 Å². The number of carbonyl (C=O) groups excluding carboxylic acids is 1. The molecule has 1 aromatic rings. The maximum Gasteiger partial charge on any atom is 0.242 e. The Bertz CT molecular complexity index is 453. The van der Waals surface area contributed by atoms with Crippen LogP contribution < -0.4 is 10.2 Å². The van der Waals surface area contributed by atoms with Gasteiger partial charge in [-0.3, -0.25) is 4.79 Å². The number of halogens is 1. The third-order valence-corrected chi connectivity index (χ3v) is 3.72. The van der Waals surface area contributed by atoms with Crippen molar-refractivity contribution >= 4 is 28.9 Å². The molecular weight excluding hydrogens is 260 g/mol. The molecule has 19 heavy (non-hydrogen) atoms. The van der Waals surface area contributed by atoms with Crippen LogP contribution in [0.1, 0.15) is 31.7 Å². The van der Waals surface area contributed by atoms with Gasteiger partial charge >= 0.3 is 0 Å². The normalized spacial score (nSPS) is 17.1. The smallest absolute Gasteiger partial charge is 0.242 e. The number of hydrogen-bond acceptors (Lipinski definition) is 2. The fourth-order valence-corrected chi connectivity index (χ4v) is 2.52. The molecule has 1 atom stereocenters. The number of alkyl halides is 1. The summed E-state index contributed by atoms with van der Waals surface area (Å²) in [4.78, 5) is 14.0. The summed E-state index contributed by atoms with van der Waals surface area (Å²) in [5.74, 6) is -0.160. The number of anilines is 2. The van der Waals surface area contributed by atoms with Crippen LogP contribution >= 0.6 is 11.6 Å². The SMILES string of the molecule is Cc1cc(NC(=O)C(C)Cl)ccc1N1CCCCC1. The summed E-state index contributed by atoms with van der Waals surface area (Å²) in [6.45, 7) is 6.02. The van der Waals surface area contributed by atoms with E-state index >= 15 is 0 Å². The summed E-state index contributed by atoms with van der Waals surface area (Å²) in [6.07, 6.45) is 3.86. The molecule has 0 bridgehead atoms. The topological polar surface area (TPSA) is 32.3 Å². The Labute approximate surface area is 119 Å². The van der Waals surface area contributed by atoms with Crippen LogP contribution in [-0.2, 0) is 4.79 Å². The first-order valence-electron chi connectivity index (χ1n) is 6.88. The van der Waals surface area contributed by atoms with Crippen LogP contribution in [0.5, 0.6) is 0 Å². The Kier molecular flexibility index (Phi) is 4.70. The maximum atomic E-state index is 11.6. The van der Waals surface area contributed by atoms with Gasteiger partial charge in [0.1, 0.15) is 5.38 Å². The lowest BCUT2D eigenvalue weighted by molar-refractivity contribution is -0.115. The van der Waals surface area contributed by atoms with Gasteiger partial charge in [0.25, 0.3) is 0 Å². The molecule has 4 heteroatoms. The number of benzene rings is 1. The first-order valence-corrected chi connectivity index (χ1v) is 7.32. The van der Waals surface area contributed by atoms with E-state index in [1.165, 1.54) is 30.5 Å². The van der Waals surface area contributed by atoms with Gasteiger partial charge in [0.05, 0.1) is 0 Å². The van der Waals surface area contributed by atoms with Gasteiger partial charge in [0.2, 0.25) is 5.91 Å². The largest absolute Gasteiger partial charge is 0.371 e. The van der Waals surface area contributed by atoms with E-state index in [9.17, 15) is 4.79 Å². The summed E-state index contributed by atoms with van der Waals surface area (Å²) in [7, 11) is 0. The van der Waals surface area contributed by atoms with Gasteiger partial charge < -0.3 is 10.2 Å². The predicted octanol–water partition coefficient (Wildman–Crippen LogP) is 3.55. The van der Waals surface area contributed by atoms with E-state index in [1.54, 1.807) is 6.92 Å². The second-order valence-electron chi connectivity index (χ2n) is 5.15. The second-order valence-corrected chi connectivity index (χ2v) is 5.81. The molecule has 0 aromatic heterocycles. The van der Waals surface area contributed by atoms with Crippen molar-refractivity contribution in [2.75, 3.05) is 23.3 Å². The van der Waals surface area contributed by atoms with Crippen LogP contribution in [0.4, 0.5) is 11.4 Å². The second kappa shape index (κ2) is 6.29. The van der Waals surface area contributed by atoms with Crippen molar-refractivity contribution in [3.8, 4) is 0 Å². The molecular formula is C15H21ClN2O. The Morgan fingerprint density at radius 1 is 1.32 bits per heavy atom. The first kappa shape index (κ1) is 14.2. The van der Waals surface area contributed by atoms with E-state index in [0.717, 1.165) is 18.8 Å². The lowest BCUT2D eigenvalue weighted by Crippen LogP contribution is -2.30. The number of nitrogens with one attached hydrogen (secondary N) is 1. The van der Waals surface area contributed by atoms with Crippen LogP contribution in [0.25, 0.3) is 0 Å². The summed E-state index contributed by atoms with van der Waals surface area (Å²) in [6, 6.07) is 6.06. The van der Waals surface area contributed by atoms with Gasteiger partial charge in [-0.25, -0.2) is 0 Å². The fraction of sp³-hybridized carbons (Fsp3) is 0.533. The van der Waals surface area contributed by atoms with Crippen molar-refractivity contribution in [2.24, 2.45) is 0 Å². The number of amides is 1. The zero-order chi connectivity index (χ0) is 13.8. The van der Waals surface area contributed by atoms with E-state index in [1.807, 2.05) is 12.1 Å². The molecule has 0 spiro atoms. The highest BCUT2D eigenvalue weighted by Crippen LogP contribution is 2.26. The van der Waals surface area contributed by atoms with E-state index < -0.39 is 5.38 Å². The zero-order valence-corrected chi connectivity index (χ0v) is 12.3. The third kappa shape index (κ3) is 3.63. The molecule has 3 nitrogen and oxygen atoms in total. The molecule has 2 rings (SSSR count). The van der Waals surface area contributed by atoms with Crippen LogP contribution in [0, 0.1) is 6.92 Å². The maximum absolute atomic E-state index is 11.6. The van der Waals surface area contributed by atoms with Gasteiger partial charge in [0.15, 0.2) is 0 Å². The molecule has 1 saturated heterocycles. The molecule has 1 amide bonds. The Hall–Kier alpha value is -1.22. The van der Waals surface area contributed by atoms with Crippen molar-refractivity contribution in [1.82, 2.24) is 0 Å². The number of rotatable bonds is 3. The standard InChI is InChI=1S/C15H21ClN2O/c1-11-10-13(17-15(19)12(2)16)6-7-14(11)18-8-4-3-5-9-18/h6-7,10,12H,3-5,8-9H2,1-2H3,(H,17,19). The van der Waals surface area contributed by atoms with Crippen molar-refractivity contribution in [2.45, 2.75) is 38.5 Å². The van der Waals surface area contributed by atoms with Crippen molar-refractivity contribution in [3.05, 3.63) is 23.8 Å². The zero-order valence-electron chi connectivity index (χ0n) is 11.6. The number of nitrogens with zero attached hydrogens (tertiary/aromatic N) is 1. The fourth-order valence-electron chi connectivity index (χ4n) is 2.46. The van der Waals surface area contributed by atoms with Crippen LogP contribution in [-0.4, -0.2) is 24.4 Å². The Balaban J connectivity index is 2.10. The predicted molar refractivity (Wildman–Crippen MR) is 81.2 cm³/mol. The quantitative estimate of drug-likeness (QED) is 0.859. The molecule has 1 heterocycles. The molecule has 0 radical (unpaired) electrons. The monoisotopic (exact) mass is 280 g/mol. The van der Waals surface area contributed by atoms with Crippen molar-refractivity contribution in [1.29, 1.82) is 0 Å². The van der Waals surface area contributed by atoms with Crippen molar-refractivity contribution in [3.63, 3.8) is 0 Å². The Morgan fingerprint density at radius 3 is 2.58 bits per heavy atom. The lowest BCUT2D eigenvalue weighted by atomic mass is 10.1. The van der Waals surface area contributed by atoms with E-state index in [-0.39, 0.29) is 5.91 Å². The molecule has 1 aromatic carbocycles. The van der Waals surface area contributed by atoms with Crippen LogP contribution in [0.3, 0.4) is 0 Å². The minimum absolute atomic E-state index is 0.160. The van der Waals surface area contributed by atoms with Crippen molar-refractivity contribution < 1.29 is 4.79 Å². The number of piperidine rings is 1. The van der Waals surface area contributed by atoms with Crippen LogP contribution in [0.15, 0.2) is 18.2 Å². The first-order chi connectivity index (χ1) is 9.08. The number of aryl methyl sites for hydroxylation is 1. The highest BCUT2D eigenvalue weighted by molar-refractivity contribution is 6.32. The highest BCUT2D eigenvalue weighted by Gasteiger charge is 2.14. The number of hydrogen-bond donors (Lipinski definition) is 1. The number of carbonyl (C=O) groups is 1. The lowest BCUT2D eigenvalue weighted by Gasteiger charge is -2.30. The van der Waals surface area contributed by atoms with Crippen LogP contribution in [0.2, 0.25) is 0 Å². The molecule has 1 N–H and O–H groups in total. The average molecular weight is 281 g/mol. The minimum Gasteiger partial charge on any atom is -0.371 e. The molecule has 0 saturated carbocycles. The van der Waals surface area contributed by atoms with E-state index in [2.05, 4.69) is 23.2 Å². The summed E-state index contributed by atoms with van der Waals surface area (Å²) in [5.41, 5.74) is 3.29. The molecule has 1 aliphatic heterocycles. The summed E-state index contributed by atoms with van der Waals surface area (Å²) < 4.78 is 0. The molecule has 1 unspecified atom stereocenters. The molecule has 0 aliphatic carbocycles. The molecule has 104 valence electrons. The van der Waals surface area contributed by atoms with Gasteiger partial charge in [-0.2, -0.15) is 0 Å². The highest BCUT2D eigenvalue weighted by atomic mass is 35.5. The van der Waals surface area contributed by atoms with Gasteiger partial charge in [-0.1, -0.05) is 0 Å². The van der Waals surface area contributed by atoms with Gasteiger partial charge in [-0.05, 0) is 56.9 Å². The summed E-state index contributed by atoms with van der Waals surface area (Å²) in [5, 5.41) is 2.31. The molecule has 1 aliphatic rings. The Morgan fingerprint density at radius 2 is 2.00 bits per heavy atom. The third-order valence-electron chi connectivity index (χ3n) is 3.52. The summed E-state index contributed by atoms with van der Waals surface area (Å²) >= 11 is 5.75. The van der Waals surface area contributed by atoms with Gasteiger partial charge in [0, 0.05) is 24.5 Å². The van der Waals surface area contributed by atoms with E-state index in [4.69, 9.17) is 11.6 Å². The average Bonchev–Trinajstić information content (AvgIpc) is 2.39.